The Balaban J connectivity index is 3.11. The molecular formula is C14H20O10. The molecule has 0 saturated carbocycles. The molecule has 0 amide bonds. The van der Waals surface area contributed by atoms with Crippen LogP contribution >= 0.6 is 0 Å². The van der Waals surface area contributed by atoms with Crippen LogP contribution in [0, 0.1) is 0 Å². The van der Waals surface area contributed by atoms with E-state index in [1.165, 1.54) is 0 Å². The summed E-state index contributed by atoms with van der Waals surface area (Å²) in [4.78, 5) is 44.9. The van der Waals surface area contributed by atoms with E-state index in [0.717, 1.165) is 27.7 Å². The highest BCUT2D eigenvalue weighted by molar-refractivity contribution is 5.68. The van der Waals surface area contributed by atoms with Gasteiger partial charge in [-0.3, -0.25) is 19.2 Å². The molecule has 1 aliphatic heterocycles. The third kappa shape index (κ3) is 5.78. The van der Waals surface area contributed by atoms with Crippen LogP contribution in [-0.4, -0.2) is 66.3 Å². The Morgan fingerprint density at radius 2 is 1.25 bits per heavy atom. The first-order valence-electron chi connectivity index (χ1n) is 7.10. The van der Waals surface area contributed by atoms with Gasteiger partial charge in [-0.25, -0.2) is 0 Å². The first kappa shape index (κ1) is 19.8. The molecule has 5 atom stereocenters. The highest BCUT2D eigenvalue weighted by atomic mass is 16.7. The summed E-state index contributed by atoms with van der Waals surface area (Å²) in [6, 6.07) is 0. The molecule has 136 valence electrons. The van der Waals surface area contributed by atoms with Crippen molar-refractivity contribution in [2.24, 2.45) is 0 Å². The molecule has 0 aromatic rings. The number of carbonyl (C=O) groups excluding carboxylic acids is 4. The minimum Gasteiger partial charge on any atom is -0.463 e. The van der Waals surface area contributed by atoms with E-state index < -0.39 is 54.6 Å². The van der Waals surface area contributed by atoms with Crippen LogP contribution in [0.25, 0.3) is 0 Å². The van der Waals surface area contributed by atoms with Gasteiger partial charge in [-0.2, -0.15) is 0 Å². The molecule has 0 aromatic carbocycles. The Morgan fingerprint density at radius 3 is 1.71 bits per heavy atom. The van der Waals surface area contributed by atoms with Gasteiger partial charge in [0.2, 0.25) is 0 Å². The molecule has 10 heteroatoms. The highest BCUT2D eigenvalue weighted by Crippen LogP contribution is 2.28. The molecule has 1 rings (SSSR count). The van der Waals surface area contributed by atoms with Crippen molar-refractivity contribution in [1.82, 2.24) is 0 Å². The summed E-state index contributed by atoms with van der Waals surface area (Å²) in [7, 11) is 0. The molecule has 0 spiro atoms. The van der Waals surface area contributed by atoms with E-state index in [1.807, 2.05) is 0 Å². The normalized spacial score (nSPS) is 29.3. The van der Waals surface area contributed by atoms with Gasteiger partial charge in [0.25, 0.3) is 0 Å². The molecule has 1 aliphatic rings. The summed E-state index contributed by atoms with van der Waals surface area (Å²) < 4.78 is 25.0. The number of aliphatic hydroxyl groups is 1. The van der Waals surface area contributed by atoms with Crippen LogP contribution in [0.3, 0.4) is 0 Å². The summed E-state index contributed by atoms with van der Waals surface area (Å²) in [6.45, 7) is 4.09. The topological polar surface area (TPSA) is 135 Å². The molecule has 0 aliphatic carbocycles. The van der Waals surface area contributed by atoms with Crippen molar-refractivity contribution < 1.29 is 48.0 Å². The first-order valence-corrected chi connectivity index (χ1v) is 7.10. The Morgan fingerprint density at radius 1 is 0.792 bits per heavy atom. The predicted octanol–water partition coefficient (Wildman–Crippen LogP) is -0.938. The van der Waals surface area contributed by atoms with Crippen molar-refractivity contribution in [2.75, 3.05) is 6.61 Å². The number of aliphatic hydroxyl groups excluding tert-OH is 1. The van der Waals surface area contributed by atoms with E-state index in [2.05, 4.69) is 0 Å². The van der Waals surface area contributed by atoms with Gasteiger partial charge in [0.15, 0.2) is 24.6 Å². The molecule has 0 radical (unpaired) electrons. The van der Waals surface area contributed by atoms with Crippen LogP contribution in [0.2, 0.25) is 0 Å². The zero-order chi connectivity index (χ0) is 18.4. The molecule has 1 heterocycles. The van der Waals surface area contributed by atoms with Crippen LogP contribution in [0.1, 0.15) is 27.7 Å². The summed E-state index contributed by atoms with van der Waals surface area (Å²) in [5.41, 5.74) is 0. The van der Waals surface area contributed by atoms with Crippen molar-refractivity contribution in [3.05, 3.63) is 0 Å². The number of ether oxygens (including phenoxy) is 5. The van der Waals surface area contributed by atoms with E-state index in [4.69, 9.17) is 23.7 Å². The van der Waals surface area contributed by atoms with Crippen molar-refractivity contribution in [1.29, 1.82) is 0 Å². The van der Waals surface area contributed by atoms with Gasteiger partial charge in [-0.15, -0.1) is 0 Å². The number of hydrogen-bond donors (Lipinski definition) is 1. The summed E-state index contributed by atoms with van der Waals surface area (Å²) in [5.74, 6) is -2.87. The van der Waals surface area contributed by atoms with Crippen LogP contribution in [0.5, 0.6) is 0 Å². The van der Waals surface area contributed by atoms with E-state index in [-0.39, 0.29) is 6.61 Å². The van der Waals surface area contributed by atoms with Crippen LogP contribution in [0.15, 0.2) is 0 Å². The fourth-order valence-corrected chi connectivity index (χ4v) is 2.21. The number of esters is 4. The van der Waals surface area contributed by atoms with E-state index in [9.17, 15) is 24.3 Å². The van der Waals surface area contributed by atoms with Gasteiger partial charge in [0.05, 0.1) is 0 Å². The van der Waals surface area contributed by atoms with E-state index in [0.29, 0.717) is 0 Å². The molecular weight excluding hydrogens is 328 g/mol. The standard InChI is InChI=1S/C14H20O10/c1-6(15)20-5-10-11(21-7(2)16)12(22-8(3)17)13(14(19)24-10)23-9(4)18/h10-14,19H,5H2,1-4H3/t10?,11-,12+,13+,14?/m1/s1. The first-order chi connectivity index (χ1) is 11.1. The zero-order valence-corrected chi connectivity index (χ0v) is 13.7. The number of hydrogen-bond acceptors (Lipinski definition) is 10. The fraction of sp³-hybridized carbons (Fsp3) is 0.714. The minimum absolute atomic E-state index is 0.366. The minimum atomic E-state index is -1.68. The molecule has 10 nitrogen and oxygen atoms in total. The third-order valence-corrected chi connectivity index (χ3v) is 2.97. The Labute approximate surface area is 137 Å². The summed E-state index contributed by atoms with van der Waals surface area (Å²) >= 11 is 0. The molecule has 2 unspecified atom stereocenters. The van der Waals surface area contributed by atoms with Crippen LogP contribution in [-0.2, 0) is 42.9 Å². The average molecular weight is 348 g/mol. The molecule has 1 fully saturated rings. The van der Waals surface area contributed by atoms with E-state index >= 15 is 0 Å². The lowest BCUT2D eigenvalue weighted by Crippen LogP contribution is -2.62. The SMILES string of the molecule is CC(=O)OCC1OC(O)[C@@H](OC(C)=O)[C@@H](OC(C)=O)[C@@H]1OC(C)=O. The van der Waals surface area contributed by atoms with Crippen molar-refractivity contribution in [3.8, 4) is 0 Å². The molecule has 0 aromatic heterocycles. The number of carbonyl (C=O) groups is 4. The second kappa shape index (κ2) is 8.60. The van der Waals surface area contributed by atoms with E-state index in [1.54, 1.807) is 0 Å². The lowest BCUT2D eigenvalue weighted by atomic mass is 9.98. The van der Waals surface area contributed by atoms with Crippen molar-refractivity contribution >= 4 is 23.9 Å². The van der Waals surface area contributed by atoms with Gasteiger partial charge in [0, 0.05) is 27.7 Å². The van der Waals surface area contributed by atoms with Crippen LogP contribution < -0.4 is 0 Å². The molecule has 1 saturated heterocycles. The fourth-order valence-electron chi connectivity index (χ4n) is 2.21. The summed E-state index contributed by atoms with van der Waals surface area (Å²) in [5, 5.41) is 10.0. The van der Waals surface area contributed by atoms with Gasteiger partial charge < -0.3 is 28.8 Å². The maximum atomic E-state index is 11.3. The lowest BCUT2D eigenvalue weighted by Gasteiger charge is -2.42. The smallest absolute Gasteiger partial charge is 0.303 e. The van der Waals surface area contributed by atoms with Crippen molar-refractivity contribution in [2.45, 2.75) is 58.4 Å². The van der Waals surface area contributed by atoms with Gasteiger partial charge in [0.1, 0.15) is 12.7 Å². The largest absolute Gasteiger partial charge is 0.463 e. The molecule has 0 bridgehead atoms. The van der Waals surface area contributed by atoms with Gasteiger partial charge in [-0.1, -0.05) is 0 Å². The quantitative estimate of drug-likeness (QED) is 0.490. The van der Waals surface area contributed by atoms with Gasteiger partial charge >= 0.3 is 23.9 Å². The van der Waals surface area contributed by atoms with Crippen molar-refractivity contribution in [3.63, 3.8) is 0 Å². The zero-order valence-electron chi connectivity index (χ0n) is 13.7. The Hall–Kier alpha value is -2.20. The maximum Gasteiger partial charge on any atom is 0.303 e. The second-order valence-corrected chi connectivity index (χ2v) is 5.09. The third-order valence-electron chi connectivity index (χ3n) is 2.97. The predicted molar refractivity (Wildman–Crippen MR) is 74.2 cm³/mol. The van der Waals surface area contributed by atoms with Crippen LogP contribution in [0.4, 0.5) is 0 Å². The van der Waals surface area contributed by atoms with Gasteiger partial charge in [-0.05, 0) is 0 Å². The molecule has 1 N–H and O–H groups in total. The molecule has 24 heavy (non-hydrogen) atoms. The average Bonchev–Trinajstić information content (AvgIpc) is 2.42. The Bertz CT molecular complexity index is 502. The monoisotopic (exact) mass is 348 g/mol. The maximum absolute atomic E-state index is 11.3. The second-order valence-electron chi connectivity index (χ2n) is 5.09. The lowest BCUT2D eigenvalue weighted by molar-refractivity contribution is -0.296. The Kier molecular flexibility index (Phi) is 7.11. The number of rotatable bonds is 5. The summed E-state index contributed by atoms with van der Waals surface area (Å²) in [6.07, 6.45) is -6.79. The highest BCUT2D eigenvalue weighted by Gasteiger charge is 2.51.